The fourth-order valence-corrected chi connectivity index (χ4v) is 2.48. The lowest BCUT2D eigenvalue weighted by Crippen LogP contribution is -2.48. The Balaban J connectivity index is 1.80. The van der Waals surface area contributed by atoms with Gasteiger partial charge in [-0.25, -0.2) is 4.79 Å². The van der Waals surface area contributed by atoms with Crippen molar-refractivity contribution in [2.45, 2.75) is 12.5 Å². The third-order valence-electron chi connectivity index (χ3n) is 3.84. The second kappa shape index (κ2) is 6.05. The minimum absolute atomic E-state index is 0.0277. The summed E-state index contributed by atoms with van der Waals surface area (Å²) in [5.41, 5.74) is 1.10. The van der Waals surface area contributed by atoms with Crippen molar-refractivity contribution in [3.05, 3.63) is 54.1 Å². The Labute approximate surface area is 139 Å². The number of nitriles is 1. The molecular weight excluding hydrogens is 306 g/mol. The van der Waals surface area contributed by atoms with Crippen LogP contribution in [0, 0.1) is 11.3 Å². The second-order valence-corrected chi connectivity index (χ2v) is 5.71. The van der Waals surface area contributed by atoms with E-state index < -0.39 is 17.5 Å². The molecule has 120 valence electrons. The number of benzene rings is 2. The van der Waals surface area contributed by atoms with E-state index in [1.54, 1.807) is 25.1 Å². The molecule has 1 unspecified atom stereocenters. The Morgan fingerprint density at radius 1 is 1.17 bits per heavy atom. The van der Waals surface area contributed by atoms with Crippen molar-refractivity contribution in [2.24, 2.45) is 0 Å². The van der Waals surface area contributed by atoms with Gasteiger partial charge in [0.2, 0.25) is 0 Å². The summed E-state index contributed by atoms with van der Waals surface area (Å²) in [7, 11) is 0. The van der Waals surface area contributed by atoms with Gasteiger partial charge in [-0.15, -0.1) is 0 Å². The zero-order chi connectivity index (χ0) is 17.2. The van der Waals surface area contributed by atoms with E-state index >= 15 is 0 Å². The van der Waals surface area contributed by atoms with E-state index in [1.165, 1.54) is 0 Å². The summed E-state index contributed by atoms with van der Waals surface area (Å²) in [6, 6.07) is 16.4. The van der Waals surface area contributed by atoms with Gasteiger partial charge in [-0.2, -0.15) is 5.26 Å². The molecule has 1 aliphatic rings. The first-order valence-electron chi connectivity index (χ1n) is 7.38. The third kappa shape index (κ3) is 2.92. The highest BCUT2D eigenvalue weighted by Gasteiger charge is 2.42. The molecule has 1 aliphatic heterocycles. The third-order valence-corrected chi connectivity index (χ3v) is 3.84. The van der Waals surface area contributed by atoms with Crippen molar-refractivity contribution in [3.8, 4) is 22.9 Å². The molecule has 2 aromatic carbocycles. The summed E-state index contributed by atoms with van der Waals surface area (Å²) in [4.78, 5) is 23.0. The van der Waals surface area contributed by atoms with Gasteiger partial charge in [-0.1, -0.05) is 30.3 Å². The summed E-state index contributed by atoms with van der Waals surface area (Å²) in [6.45, 7) is 1.55. The van der Waals surface area contributed by atoms with Crippen LogP contribution >= 0.6 is 0 Å². The maximum Gasteiger partial charge on any atom is 0.322 e. The Morgan fingerprint density at radius 2 is 1.92 bits per heavy atom. The normalized spacial score (nSPS) is 19.3. The van der Waals surface area contributed by atoms with Crippen LogP contribution in [0.4, 0.5) is 4.79 Å². The van der Waals surface area contributed by atoms with Crippen LogP contribution in [0.1, 0.15) is 12.5 Å². The largest absolute Gasteiger partial charge is 0.491 e. The van der Waals surface area contributed by atoms with Gasteiger partial charge < -0.3 is 10.1 Å². The molecule has 2 N–H and O–H groups in total. The number of carbonyl (C=O) groups excluding carboxylic acids is 2. The zero-order valence-electron chi connectivity index (χ0n) is 13.0. The molecule has 6 heteroatoms. The summed E-state index contributed by atoms with van der Waals surface area (Å²) in [6.07, 6.45) is 0. The van der Waals surface area contributed by atoms with Crippen LogP contribution in [0.5, 0.6) is 5.75 Å². The van der Waals surface area contributed by atoms with Crippen molar-refractivity contribution in [3.63, 3.8) is 0 Å². The van der Waals surface area contributed by atoms with Crippen molar-refractivity contribution < 1.29 is 14.3 Å². The van der Waals surface area contributed by atoms with Gasteiger partial charge in [0.05, 0.1) is 11.6 Å². The average Bonchev–Trinajstić information content (AvgIpc) is 2.86. The molecule has 0 saturated carbocycles. The molecule has 3 amide bonds. The Bertz CT molecular complexity index is 842. The number of carbonyl (C=O) groups is 2. The summed E-state index contributed by atoms with van der Waals surface area (Å²) >= 11 is 0. The number of rotatable bonds is 4. The fraction of sp³-hybridized carbons (Fsp3) is 0.167. The first-order valence-corrected chi connectivity index (χ1v) is 7.38. The molecule has 1 atom stereocenters. The van der Waals surface area contributed by atoms with Gasteiger partial charge in [0.15, 0.2) is 5.54 Å². The van der Waals surface area contributed by atoms with Gasteiger partial charge in [-0.3, -0.25) is 10.1 Å². The first kappa shape index (κ1) is 15.6. The van der Waals surface area contributed by atoms with E-state index in [0.29, 0.717) is 11.3 Å². The topological polar surface area (TPSA) is 91.2 Å². The van der Waals surface area contributed by atoms with Gasteiger partial charge in [0, 0.05) is 0 Å². The SMILES string of the molecule is CC1(COc2ccc(-c3ccccc3)c(C#N)c2)NC(=O)NC1=O. The number of hydrogen-bond acceptors (Lipinski definition) is 4. The van der Waals surface area contributed by atoms with Crippen LogP contribution in [0.25, 0.3) is 11.1 Å². The van der Waals surface area contributed by atoms with E-state index in [-0.39, 0.29) is 6.61 Å². The molecule has 0 radical (unpaired) electrons. The van der Waals surface area contributed by atoms with Crippen LogP contribution in [0.3, 0.4) is 0 Å². The van der Waals surface area contributed by atoms with E-state index in [9.17, 15) is 14.9 Å². The molecule has 2 aromatic rings. The molecule has 0 aliphatic carbocycles. The van der Waals surface area contributed by atoms with Crippen LogP contribution in [-0.2, 0) is 4.79 Å². The Hall–Kier alpha value is -3.33. The molecule has 0 spiro atoms. The van der Waals surface area contributed by atoms with Gasteiger partial charge >= 0.3 is 6.03 Å². The highest BCUT2D eigenvalue weighted by molar-refractivity contribution is 6.06. The molecule has 3 rings (SSSR count). The number of nitrogens with zero attached hydrogens (tertiary/aromatic N) is 1. The summed E-state index contributed by atoms with van der Waals surface area (Å²) < 4.78 is 5.62. The van der Waals surface area contributed by atoms with Crippen molar-refractivity contribution >= 4 is 11.9 Å². The molecule has 1 saturated heterocycles. The summed E-state index contributed by atoms with van der Waals surface area (Å²) in [5, 5.41) is 14.1. The van der Waals surface area contributed by atoms with Gasteiger partial charge in [-0.05, 0) is 36.2 Å². The molecular formula is C18H15N3O3. The molecule has 1 fully saturated rings. The maximum absolute atomic E-state index is 11.8. The Morgan fingerprint density at radius 3 is 2.54 bits per heavy atom. The van der Waals surface area contributed by atoms with Crippen molar-refractivity contribution in [2.75, 3.05) is 6.61 Å². The number of urea groups is 1. The van der Waals surface area contributed by atoms with Crippen LogP contribution in [-0.4, -0.2) is 24.1 Å². The molecule has 24 heavy (non-hydrogen) atoms. The number of nitrogens with one attached hydrogen (secondary N) is 2. The first-order chi connectivity index (χ1) is 11.5. The smallest absolute Gasteiger partial charge is 0.322 e. The van der Waals surface area contributed by atoms with Gasteiger partial charge in [0.25, 0.3) is 5.91 Å². The maximum atomic E-state index is 11.8. The lowest BCUT2D eigenvalue weighted by Gasteiger charge is -2.21. The average molecular weight is 321 g/mol. The standard InChI is InChI=1S/C18H15N3O3/c1-18(16(22)20-17(23)21-18)11-24-14-7-8-15(13(9-14)10-19)12-5-3-2-4-6-12/h2-9H,11H2,1H3,(H2,20,21,22,23). The number of amides is 3. The van der Waals surface area contributed by atoms with E-state index in [4.69, 9.17) is 4.74 Å². The summed E-state index contributed by atoms with van der Waals surface area (Å²) in [5.74, 6) is 0.0234. The van der Waals surface area contributed by atoms with Crippen LogP contribution in [0.2, 0.25) is 0 Å². The number of imide groups is 1. The highest BCUT2D eigenvalue weighted by atomic mass is 16.5. The minimum Gasteiger partial charge on any atom is -0.491 e. The predicted molar refractivity (Wildman–Crippen MR) is 87.2 cm³/mol. The van der Waals surface area contributed by atoms with Crippen LogP contribution < -0.4 is 15.4 Å². The van der Waals surface area contributed by atoms with Crippen molar-refractivity contribution in [1.82, 2.24) is 10.6 Å². The molecule has 1 heterocycles. The monoisotopic (exact) mass is 321 g/mol. The molecule has 0 bridgehead atoms. The van der Waals surface area contributed by atoms with Gasteiger partial charge in [0.1, 0.15) is 12.4 Å². The quantitative estimate of drug-likeness (QED) is 0.845. The second-order valence-electron chi connectivity index (χ2n) is 5.71. The zero-order valence-corrected chi connectivity index (χ0v) is 13.0. The highest BCUT2D eigenvalue weighted by Crippen LogP contribution is 2.27. The number of ether oxygens (including phenoxy) is 1. The van der Waals surface area contributed by atoms with E-state index in [0.717, 1.165) is 11.1 Å². The molecule has 0 aromatic heterocycles. The van der Waals surface area contributed by atoms with E-state index in [1.807, 2.05) is 30.3 Å². The fourth-order valence-electron chi connectivity index (χ4n) is 2.48. The van der Waals surface area contributed by atoms with E-state index in [2.05, 4.69) is 16.7 Å². The number of hydrogen-bond donors (Lipinski definition) is 2. The lowest BCUT2D eigenvalue weighted by atomic mass is 10.00. The molecule has 6 nitrogen and oxygen atoms in total. The van der Waals surface area contributed by atoms with Crippen LogP contribution in [0.15, 0.2) is 48.5 Å². The predicted octanol–water partition coefficient (Wildman–Crippen LogP) is 2.20. The van der Waals surface area contributed by atoms with Crippen molar-refractivity contribution in [1.29, 1.82) is 5.26 Å². The minimum atomic E-state index is -1.12. The Kier molecular flexibility index (Phi) is 3.92. The lowest BCUT2D eigenvalue weighted by molar-refractivity contribution is -0.124.